The van der Waals surface area contributed by atoms with Crippen molar-refractivity contribution in [3.05, 3.63) is 0 Å². The van der Waals surface area contributed by atoms with Crippen LogP contribution in [0.2, 0.25) is 0 Å². The molecule has 0 N–H and O–H groups in total. The number of isocyanates is 1. The Morgan fingerprint density at radius 3 is 2.34 bits per heavy atom. The summed E-state index contributed by atoms with van der Waals surface area (Å²) in [6.45, 7) is 9.65. The number of aliphatic imine (C=N–C) groups is 1. The Labute approximate surface area is 179 Å². The predicted octanol–water partition coefficient (Wildman–Crippen LogP) is 7.76. The van der Waals surface area contributed by atoms with Gasteiger partial charge in [-0.25, -0.2) is 14.2 Å². The molecule has 0 saturated heterocycles. The van der Waals surface area contributed by atoms with Crippen LogP contribution < -0.4 is 0 Å². The number of hydrogen-bond donors (Lipinski definition) is 0. The molecule has 3 heteroatoms. The first-order valence-electron chi connectivity index (χ1n) is 12.2. The monoisotopic (exact) mass is 407 g/mol. The molecular formula is C26H46FNO. The molecule has 4 saturated carbocycles. The zero-order chi connectivity index (χ0) is 20.4. The van der Waals surface area contributed by atoms with E-state index in [1.807, 2.05) is 13.8 Å². The smallest absolute Gasteiger partial charge is 0.234 e. The predicted molar refractivity (Wildman–Crippen MR) is 120 cm³/mol. The fourth-order valence-corrected chi connectivity index (χ4v) is 8.37. The van der Waals surface area contributed by atoms with Crippen LogP contribution in [0.3, 0.4) is 0 Å². The Hall–Kier alpha value is -0.690. The number of carbonyl (C=O) groups excluding carboxylic acids is 1. The van der Waals surface area contributed by atoms with E-state index in [-0.39, 0.29) is 12.8 Å². The zero-order valence-corrected chi connectivity index (χ0v) is 18.7. The lowest BCUT2D eigenvalue weighted by Gasteiger charge is -2.61. The van der Waals surface area contributed by atoms with Crippen molar-refractivity contribution in [2.24, 2.45) is 45.4 Å². The molecule has 0 bridgehead atoms. The Morgan fingerprint density at radius 2 is 1.62 bits per heavy atom. The second-order valence-electron chi connectivity index (χ2n) is 10.4. The van der Waals surface area contributed by atoms with Crippen LogP contribution in [0, 0.1) is 40.4 Å². The fraction of sp³-hybridized carbons (Fsp3) is 0.962. The summed E-state index contributed by atoms with van der Waals surface area (Å²) < 4.78 is 14.7. The van der Waals surface area contributed by atoms with E-state index in [0.29, 0.717) is 17.9 Å². The molecular weight excluding hydrogens is 361 g/mol. The molecule has 29 heavy (non-hydrogen) atoms. The summed E-state index contributed by atoms with van der Waals surface area (Å²) in [5, 5.41) is 0. The van der Waals surface area contributed by atoms with Crippen molar-refractivity contribution in [1.82, 2.24) is 0 Å². The van der Waals surface area contributed by atoms with Crippen molar-refractivity contribution in [2.45, 2.75) is 112 Å². The molecule has 8 atom stereocenters. The lowest BCUT2D eigenvalue weighted by Crippen LogP contribution is -2.54. The van der Waals surface area contributed by atoms with E-state index in [4.69, 9.17) is 0 Å². The average Bonchev–Trinajstić information content (AvgIpc) is 3.03. The van der Waals surface area contributed by atoms with E-state index < -0.39 is 6.17 Å². The summed E-state index contributed by atoms with van der Waals surface area (Å²) in [4.78, 5) is 14.0. The topological polar surface area (TPSA) is 29.4 Å². The highest BCUT2D eigenvalue weighted by molar-refractivity contribution is 5.32. The Morgan fingerprint density at radius 1 is 0.931 bits per heavy atom. The third kappa shape index (κ3) is 4.23. The molecule has 0 aromatic rings. The largest absolute Gasteiger partial charge is 0.247 e. The van der Waals surface area contributed by atoms with Crippen molar-refractivity contribution in [1.29, 1.82) is 0 Å². The first-order valence-corrected chi connectivity index (χ1v) is 12.2. The first-order chi connectivity index (χ1) is 13.5. The standard InChI is InChI=1S/C23H36FNO.C2H6.CH4/c1-22-13-11-19-17(8-10-20-21(24)6-3-12-23(19,20)2)18(22)9-7-16(22)5-4-14-25-15-26;1-2;/h16-21H,3-14H2,1-2H3;1-2H3;1H4. The third-order valence-electron chi connectivity index (χ3n) is 9.66. The maximum absolute atomic E-state index is 14.7. The molecule has 0 amide bonds. The van der Waals surface area contributed by atoms with Gasteiger partial charge in [-0.3, -0.25) is 0 Å². The van der Waals surface area contributed by atoms with Crippen LogP contribution in [0.1, 0.15) is 106 Å². The second-order valence-corrected chi connectivity index (χ2v) is 10.4. The van der Waals surface area contributed by atoms with Crippen molar-refractivity contribution in [3.63, 3.8) is 0 Å². The molecule has 0 radical (unpaired) electrons. The van der Waals surface area contributed by atoms with Gasteiger partial charge < -0.3 is 0 Å². The van der Waals surface area contributed by atoms with E-state index >= 15 is 0 Å². The Balaban J connectivity index is 0.000000970. The summed E-state index contributed by atoms with van der Waals surface area (Å²) in [5.41, 5.74) is 0.734. The normalized spacial score (nSPS) is 45.3. The van der Waals surface area contributed by atoms with Crippen LogP contribution in [0.4, 0.5) is 4.39 Å². The van der Waals surface area contributed by atoms with Crippen LogP contribution >= 0.6 is 0 Å². The van der Waals surface area contributed by atoms with Gasteiger partial charge in [-0.1, -0.05) is 35.1 Å². The van der Waals surface area contributed by atoms with Gasteiger partial charge in [-0.05, 0) is 111 Å². The van der Waals surface area contributed by atoms with Crippen LogP contribution in [0.25, 0.3) is 0 Å². The zero-order valence-electron chi connectivity index (χ0n) is 18.7. The molecule has 0 spiro atoms. The SMILES string of the molecule is C.CC.CC12CCC3C(CCC4C(F)CCCC43C)C1CCC2CCCN=C=O. The quantitative estimate of drug-likeness (QED) is 0.266. The molecule has 4 aliphatic rings. The van der Waals surface area contributed by atoms with E-state index in [0.717, 1.165) is 49.4 Å². The highest BCUT2D eigenvalue weighted by Gasteiger charge is 2.60. The third-order valence-corrected chi connectivity index (χ3v) is 9.66. The van der Waals surface area contributed by atoms with Gasteiger partial charge >= 0.3 is 0 Å². The summed E-state index contributed by atoms with van der Waals surface area (Å²) in [5.74, 6) is 3.56. The Kier molecular flexibility index (Phi) is 8.54. The van der Waals surface area contributed by atoms with E-state index in [1.54, 1.807) is 6.08 Å². The summed E-state index contributed by atoms with van der Waals surface area (Å²) >= 11 is 0. The van der Waals surface area contributed by atoms with Crippen LogP contribution in [0.15, 0.2) is 4.99 Å². The second kappa shape index (κ2) is 10.1. The molecule has 0 aliphatic heterocycles. The number of rotatable bonds is 4. The molecule has 0 heterocycles. The van der Waals surface area contributed by atoms with Gasteiger partial charge in [0.1, 0.15) is 6.17 Å². The van der Waals surface area contributed by atoms with Crippen LogP contribution in [-0.2, 0) is 4.79 Å². The number of alkyl halides is 1. The number of fused-ring (bicyclic) bond motifs is 5. The van der Waals surface area contributed by atoms with Gasteiger partial charge in [-0.2, -0.15) is 0 Å². The number of halogens is 1. The highest BCUT2D eigenvalue weighted by atomic mass is 19.1. The summed E-state index contributed by atoms with van der Waals surface area (Å²) in [6, 6.07) is 0. The highest BCUT2D eigenvalue weighted by Crippen LogP contribution is 2.68. The fourth-order valence-electron chi connectivity index (χ4n) is 8.37. The Bertz CT molecular complexity index is 573. The van der Waals surface area contributed by atoms with Crippen molar-refractivity contribution in [3.8, 4) is 0 Å². The summed E-state index contributed by atoms with van der Waals surface area (Å²) in [7, 11) is 0. The van der Waals surface area contributed by atoms with Gasteiger partial charge in [0.05, 0.1) is 6.54 Å². The lowest BCUT2D eigenvalue weighted by molar-refractivity contribution is -0.130. The van der Waals surface area contributed by atoms with Gasteiger partial charge in [0.2, 0.25) is 6.08 Å². The molecule has 0 aromatic carbocycles. The van der Waals surface area contributed by atoms with Gasteiger partial charge in [0.15, 0.2) is 0 Å². The van der Waals surface area contributed by atoms with Crippen molar-refractivity contribution >= 4 is 6.08 Å². The molecule has 0 aromatic heterocycles. The maximum Gasteiger partial charge on any atom is 0.234 e. The van der Waals surface area contributed by atoms with Crippen LogP contribution in [0.5, 0.6) is 0 Å². The molecule has 168 valence electrons. The first kappa shape index (κ1) is 24.6. The van der Waals surface area contributed by atoms with E-state index in [9.17, 15) is 9.18 Å². The molecule has 2 nitrogen and oxygen atoms in total. The number of nitrogens with zero attached hydrogens (tertiary/aromatic N) is 1. The van der Waals surface area contributed by atoms with Crippen molar-refractivity contribution in [2.75, 3.05) is 6.54 Å². The molecule has 4 rings (SSSR count). The average molecular weight is 408 g/mol. The van der Waals surface area contributed by atoms with Gasteiger partial charge in [0.25, 0.3) is 0 Å². The molecule has 4 fully saturated rings. The number of hydrogen-bond acceptors (Lipinski definition) is 2. The minimum Gasteiger partial charge on any atom is -0.247 e. The maximum atomic E-state index is 14.7. The van der Waals surface area contributed by atoms with Gasteiger partial charge in [-0.15, -0.1) is 0 Å². The van der Waals surface area contributed by atoms with E-state index in [1.165, 1.54) is 44.9 Å². The lowest BCUT2D eigenvalue weighted by atomic mass is 9.44. The van der Waals surface area contributed by atoms with Crippen LogP contribution in [-0.4, -0.2) is 18.8 Å². The van der Waals surface area contributed by atoms with Crippen molar-refractivity contribution < 1.29 is 9.18 Å². The molecule has 4 aliphatic carbocycles. The minimum absolute atomic E-state index is 0. The molecule has 8 unspecified atom stereocenters. The van der Waals surface area contributed by atoms with Gasteiger partial charge in [0, 0.05) is 0 Å². The minimum atomic E-state index is -0.544. The summed E-state index contributed by atoms with van der Waals surface area (Å²) in [6.07, 6.45) is 14.3. The van der Waals surface area contributed by atoms with E-state index in [2.05, 4.69) is 18.8 Å².